The van der Waals surface area contributed by atoms with Gasteiger partial charge in [-0.1, -0.05) is 13.3 Å². The fourth-order valence-electron chi connectivity index (χ4n) is 1.39. The Hall–Kier alpha value is -1.59. The summed E-state index contributed by atoms with van der Waals surface area (Å²) >= 11 is 0. The van der Waals surface area contributed by atoms with Gasteiger partial charge in [0.05, 0.1) is 0 Å². The first-order valence-corrected chi connectivity index (χ1v) is 5.19. The third-order valence-corrected chi connectivity index (χ3v) is 2.39. The summed E-state index contributed by atoms with van der Waals surface area (Å²) < 4.78 is 62.8. The molecule has 1 unspecified atom stereocenters. The molecule has 9 heteroatoms. The first kappa shape index (κ1) is 14.5. The van der Waals surface area contributed by atoms with Crippen molar-refractivity contribution in [2.75, 3.05) is 6.54 Å². The Balaban J connectivity index is 2.87. The van der Waals surface area contributed by atoms with Crippen LogP contribution in [0.2, 0.25) is 0 Å². The topological polar surface area (TPSA) is 42.6 Å². The Morgan fingerprint density at radius 1 is 1.33 bits per heavy atom. The molecule has 0 aromatic carbocycles. The third kappa shape index (κ3) is 2.47. The Bertz CT molecular complexity index is 359. The van der Waals surface area contributed by atoms with Crippen LogP contribution >= 0.6 is 0 Å². The minimum Gasteiger partial charge on any atom is -0.259 e. The number of hydrogen-bond acceptors (Lipinski definition) is 4. The first-order valence-electron chi connectivity index (χ1n) is 5.19. The highest BCUT2D eigenvalue weighted by Crippen LogP contribution is 2.40. The smallest absolute Gasteiger partial charge is 0.259 e. The maximum Gasteiger partial charge on any atom is 0.475 e. The minimum absolute atomic E-state index is 0.148. The fraction of sp³-hybridized carbons (Fsp3) is 0.778. The van der Waals surface area contributed by atoms with E-state index in [1.54, 1.807) is 0 Å². The van der Waals surface area contributed by atoms with Gasteiger partial charge in [0, 0.05) is 6.54 Å². The van der Waals surface area contributed by atoms with Gasteiger partial charge in [-0.2, -0.15) is 32.3 Å². The minimum atomic E-state index is -5.76. The lowest BCUT2D eigenvalue weighted by Crippen LogP contribution is -2.56. The van der Waals surface area contributed by atoms with Gasteiger partial charge < -0.3 is 0 Å². The monoisotopic (exact) mass is 270 g/mol. The zero-order chi connectivity index (χ0) is 14.0. The summed E-state index contributed by atoms with van der Waals surface area (Å²) in [7, 11) is 0. The zero-order valence-electron chi connectivity index (χ0n) is 9.45. The molecule has 4 nitrogen and oxygen atoms in total. The largest absolute Gasteiger partial charge is 0.475 e. The Kier molecular flexibility index (Phi) is 3.98. The number of unbranched alkanes of at least 4 members (excludes halogenated alkanes) is 1. The molecule has 1 rings (SSSR count). The third-order valence-electron chi connectivity index (χ3n) is 2.39. The highest BCUT2D eigenvalue weighted by atomic mass is 19.4. The lowest BCUT2D eigenvalue weighted by Gasteiger charge is -2.32. The van der Waals surface area contributed by atoms with Crippen LogP contribution in [-0.4, -0.2) is 41.2 Å². The summed E-state index contributed by atoms with van der Waals surface area (Å²) in [5.74, 6) is 0. The maximum atomic E-state index is 13.1. The standard InChI is InChI=1S/C9H11F5N4/c1-2-3-4-18-7(5-15)17(6-16-18)9(13,14)8(10,11)12/h6-7H,2-4H2,1H3. The summed E-state index contributed by atoms with van der Waals surface area (Å²) in [6, 6.07) is -3.72. The molecule has 1 aliphatic rings. The van der Waals surface area contributed by atoms with E-state index >= 15 is 0 Å². The Labute approximate surface area is 100 Å². The summed E-state index contributed by atoms with van der Waals surface area (Å²) in [6.07, 6.45) is -5.89. The molecule has 102 valence electrons. The molecular weight excluding hydrogens is 259 g/mol. The fourth-order valence-corrected chi connectivity index (χ4v) is 1.39. The van der Waals surface area contributed by atoms with Crippen molar-refractivity contribution in [2.45, 2.75) is 38.2 Å². The predicted molar refractivity (Wildman–Crippen MR) is 52.3 cm³/mol. The van der Waals surface area contributed by atoms with E-state index in [0.717, 1.165) is 5.01 Å². The lowest BCUT2D eigenvalue weighted by molar-refractivity contribution is -0.330. The molecule has 0 aliphatic carbocycles. The van der Waals surface area contributed by atoms with Crippen molar-refractivity contribution >= 4 is 6.34 Å². The molecule has 0 saturated carbocycles. The van der Waals surface area contributed by atoms with E-state index in [4.69, 9.17) is 5.26 Å². The SMILES string of the molecule is CCCCN1N=CN(C(F)(F)C(F)(F)F)C1C#N. The van der Waals surface area contributed by atoms with Gasteiger partial charge in [0.1, 0.15) is 12.4 Å². The van der Waals surface area contributed by atoms with Crippen molar-refractivity contribution in [3.05, 3.63) is 0 Å². The van der Waals surface area contributed by atoms with Gasteiger partial charge in [-0.05, 0) is 6.42 Å². The molecule has 0 fully saturated rings. The van der Waals surface area contributed by atoms with Gasteiger partial charge in [0.25, 0.3) is 0 Å². The molecule has 0 amide bonds. The predicted octanol–water partition coefficient (Wildman–Crippen LogP) is 2.35. The van der Waals surface area contributed by atoms with Gasteiger partial charge >= 0.3 is 12.2 Å². The maximum absolute atomic E-state index is 13.1. The van der Waals surface area contributed by atoms with Crippen LogP contribution in [0.5, 0.6) is 0 Å². The quantitative estimate of drug-likeness (QED) is 0.581. The summed E-state index contributed by atoms with van der Waals surface area (Å²) in [5, 5.41) is 13.1. The Morgan fingerprint density at radius 3 is 2.39 bits per heavy atom. The highest BCUT2D eigenvalue weighted by molar-refractivity contribution is 5.59. The van der Waals surface area contributed by atoms with E-state index < -0.39 is 18.4 Å². The first-order chi connectivity index (χ1) is 8.25. The number of halogens is 5. The number of hydrazone groups is 1. The molecule has 0 spiro atoms. The molecule has 0 bridgehead atoms. The molecule has 18 heavy (non-hydrogen) atoms. The molecule has 0 N–H and O–H groups in total. The Morgan fingerprint density at radius 2 is 1.94 bits per heavy atom. The molecule has 0 aromatic rings. The second kappa shape index (κ2) is 4.96. The van der Waals surface area contributed by atoms with Crippen LogP contribution < -0.4 is 0 Å². The van der Waals surface area contributed by atoms with E-state index in [1.807, 2.05) is 6.92 Å². The van der Waals surface area contributed by atoms with Crippen LogP contribution in [0.1, 0.15) is 19.8 Å². The average Bonchev–Trinajstić information content (AvgIpc) is 2.67. The summed E-state index contributed by atoms with van der Waals surface area (Å²) in [6.45, 7) is 1.97. The van der Waals surface area contributed by atoms with Crippen LogP contribution in [0.15, 0.2) is 5.10 Å². The molecule has 1 aliphatic heterocycles. The van der Waals surface area contributed by atoms with Crippen LogP contribution in [0.3, 0.4) is 0 Å². The number of hydrogen-bond donors (Lipinski definition) is 0. The van der Waals surface area contributed by atoms with Gasteiger partial charge in [-0.15, -0.1) is 0 Å². The van der Waals surface area contributed by atoms with Crippen molar-refractivity contribution in [3.63, 3.8) is 0 Å². The molecule has 1 atom stereocenters. The summed E-state index contributed by atoms with van der Waals surface area (Å²) in [5.41, 5.74) is 0. The van der Waals surface area contributed by atoms with Gasteiger partial charge in [0.15, 0.2) is 0 Å². The van der Waals surface area contributed by atoms with Crippen LogP contribution in [0.4, 0.5) is 22.0 Å². The van der Waals surface area contributed by atoms with Crippen molar-refractivity contribution in [2.24, 2.45) is 5.10 Å². The van der Waals surface area contributed by atoms with Crippen molar-refractivity contribution in [3.8, 4) is 6.07 Å². The summed E-state index contributed by atoms with van der Waals surface area (Å²) in [4.78, 5) is -0.372. The van der Waals surface area contributed by atoms with Crippen LogP contribution in [0.25, 0.3) is 0 Å². The lowest BCUT2D eigenvalue weighted by atomic mass is 10.3. The van der Waals surface area contributed by atoms with Gasteiger partial charge in [0.2, 0.25) is 6.17 Å². The normalized spacial score (nSPS) is 20.4. The number of alkyl halides is 5. The van der Waals surface area contributed by atoms with E-state index in [9.17, 15) is 22.0 Å². The number of nitriles is 1. The zero-order valence-corrected chi connectivity index (χ0v) is 9.45. The molecule has 0 saturated heterocycles. The molecule has 0 radical (unpaired) electrons. The van der Waals surface area contributed by atoms with E-state index in [-0.39, 0.29) is 11.4 Å². The number of nitrogens with zero attached hydrogens (tertiary/aromatic N) is 4. The second-order valence-electron chi connectivity index (χ2n) is 3.70. The van der Waals surface area contributed by atoms with Crippen molar-refractivity contribution in [1.82, 2.24) is 9.91 Å². The van der Waals surface area contributed by atoms with Crippen LogP contribution in [0, 0.1) is 11.3 Å². The molecule has 0 aromatic heterocycles. The van der Waals surface area contributed by atoms with E-state index in [0.29, 0.717) is 19.2 Å². The van der Waals surface area contributed by atoms with Crippen molar-refractivity contribution in [1.29, 1.82) is 5.26 Å². The number of rotatable bonds is 4. The van der Waals surface area contributed by atoms with Crippen molar-refractivity contribution < 1.29 is 22.0 Å². The van der Waals surface area contributed by atoms with Gasteiger partial charge in [-0.25, -0.2) is 0 Å². The highest BCUT2D eigenvalue weighted by Gasteiger charge is 2.64. The molecular formula is C9H11F5N4. The van der Waals surface area contributed by atoms with E-state index in [2.05, 4.69) is 5.10 Å². The average molecular weight is 270 g/mol. The van der Waals surface area contributed by atoms with Crippen LogP contribution in [-0.2, 0) is 0 Å². The second-order valence-corrected chi connectivity index (χ2v) is 3.70. The van der Waals surface area contributed by atoms with Gasteiger partial charge in [-0.3, -0.25) is 9.91 Å². The molecule has 1 heterocycles. The van der Waals surface area contributed by atoms with E-state index in [1.165, 1.54) is 6.07 Å².